The monoisotopic (exact) mass is 549 g/mol. The van der Waals surface area contributed by atoms with Crippen molar-refractivity contribution in [2.24, 2.45) is 5.92 Å². The fraction of sp³-hybridized carbons (Fsp3) is 0.480. The molecular formula is C25H28BN7O7. The van der Waals surface area contributed by atoms with Gasteiger partial charge in [0.2, 0.25) is 5.88 Å². The number of pyridine rings is 2. The van der Waals surface area contributed by atoms with E-state index < -0.39 is 29.1 Å². The molecule has 0 bridgehead atoms. The molecule has 2 aliphatic rings. The Kier molecular flexibility index (Phi) is 5.94. The summed E-state index contributed by atoms with van der Waals surface area (Å²) in [5, 5.41) is 48.4. The van der Waals surface area contributed by atoms with E-state index in [1.165, 1.54) is 15.4 Å². The van der Waals surface area contributed by atoms with Gasteiger partial charge in [0, 0.05) is 12.1 Å². The van der Waals surface area contributed by atoms with Crippen LogP contribution < -0.4 is 15.7 Å². The Balaban J connectivity index is 1.44. The molecule has 208 valence electrons. The predicted octanol–water partition coefficient (Wildman–Crippen LogP) is 0.711. The van der Waals surface area contributed by atoms with E-state index in [0.29, 0.717) is 65.1 Å². The molecule has 4 unspecified atom stereocenters. The van der Waals surface area contributed by atoms with E-state index in [9.17, 15) is 30.0 Å². The van der Waals surface area contributed by atoms with Gasteiger partial charge in [-0.1, -0.05) is 6.92 Å². The minimum absolute atomic E-state index is 0.0957. The van der Waals surface area contributed by atoms with Crippen molar-refractivity contribution in [2.75, 3.05) is 11.9 Å². The lowest BCUT2D eigenvalue weighted by Crippen LogP contribution is -2.42. The van der Waals surface area contributed by atoms with Crippen LogP contribution in [0.5, 0.6) is 5.88 Å². The second-order valence-corrected chi connectivity index (χ2v) is 10.5. The Morgan fingerprint density at radius 3 is 2.62 bits per heavy atom. The van der Waals surface area contributed by atoms with Gasteiger partial charge in [0.1, 0.15) is 11.6 Å². The lowest BCUT2D eigenvalue weighted by molar-refractivity contribution is -0.151. The van der Waals surface area contributed by atoms with Crippen molar-refractivity contribution in [1.29, 1.82) is 0 Å². The van der Waals surface area contributed by atoms with Crippen molar-refractivity contribution in [3.8, 4) is 5.88 Å². The lowest BCUT2D eigenvalue weighted by atomic mass is 10.0. The first-order valence-electron chi connectivity index (χ1n) is 13.0. The summed E-state index contributed by atoms with van der Waals surface area (Å²) in [6.45, 7) is 3.99. The second kappa shape index (κ2) is 9.04. The van der Waals surface area contributed by atoms with Gasteiger partial charge in [0.05, 0.1) is 35.3 Å². The molecule has 2 aliphatic carbocycles. The van der Waals surface area contributed by atoms with Gasteiger partial charge in [-0.05, 0) is 50.7 Å². The molecule has 0 spiro atoms. The largest absolute Gasteiger partial charge is 0.479 e. The van der Waals surface area contributed by atoms with Gasteiger partial charge in [0.25, 0.3) is 0 Å². The SMILES string of the molecule is [B]C(O)(O)n1c(=O)n(C2CCC(O)C2)c2cc(Nc3ccc4c(OCC)nn(C5(C(=O)O)CC5C)c4n3)ncc21. The van der Waals surface area contributed by atoms with Gasteiger partial charge < -0.3 is 30.5 Å². The van der Waals surface area contributed by atoms with E-state index in [0.717, 1.165) is 0 Å². The van der Waals surface area contributed by atoms with Gasteiger partial charge in [-0.25, -0.2) is 28.8 Å². The van der Waals surface area contributed by atoms with E-state index in [2.05, 4.69) is 20.4 Å². The molecule has 15 heteroatoms. The first kappa shape index (κ1) is 26.3. The number of carboxylic acids is 1. The number of nitrogens with one attached hydrogen (secondary N) is 1. The Morgan fingerprint density at radius 1 is 1.27 bits per heavy atom. The van der Waals surface area contributed by atoms with E-state index in [1.807, 2.05) is 13.8 Å². The number of aliphatic carboxylic acids is 1. The Morgan fingerprint density at radius 2 is 2.02 bits per heavy atom. The highest BCUT2D eigenvalue weighted by Gasteiger charge is 2.61. The third-order valence-corrected chi connectivity index (χ3v) is 7.89. The van der Waals surface area contributed by atoms with Crippen LogP contribution in [0.2, 0.25) is 0 Å². The summed E-state index contributed by atoms with van der Waals surface area (Å²) in [6.07, 6.45) is 2.47. The molecule has 4 heterocycles. The molecular weight excluding hydrogens is 521 g/mol. The summed E-state index contributed by atoms with van der Waals surface area (Å²) in [5.74, 6) is -3.20. The number of fused-ring (bicyclic) bond motifs is 2. The molecule has 0 aromatic carbocycles. The lowest BCUT2D eigenvalue weighted by Gasteiger charge is -2.18. The number of rotatable bonds is 8. The van der Waals surface area contributed by atoms with Crippen molar-refractivity contribution in [2.45, 2.75) is 63.0 Å². The molecule has 5 N–H and O–H groups in total. The van der Waals surface area contributed by atoms with E-state index in [1.54, 1.807) is 18.2 Å². The number of carboxylic acid groups (broad SMARTS) is 1. The first-order chi connectivity index (χ1) is 19.0. The van der Waals surface area contributed by atoms with Crippen LogP contribution in [0.3, 0.4) is 0 Å². The number of aliphatic hydroxyl groups is 3. The third-order valence-electron chi connectivity index (χ3n) is 7.89. The molecule has 0 aliphatic heterocycles. The highest BCUT2D eigenvalue weighted by molar-refractivity contribution is 6.11. The summed E-state index contributed by atoms with van der Waals surface area (Å²) < 4.78 is 9.09. The van der Waals surface area contributed by atoms with Crippen LogP contribution in [0.4, 0.5) is 11.6 Å². The van der Waals surface area contributed by atoms with Gasteiger partial charge in [-0.2, -0.15) is 0 Å². The summed E-state index contributed by atoms with van der Waals surface area (Å²) in [5.41, 5.74) is -1.20. The number of carbonyl (C=O) groups is 1. The maximum Gasteiger partial charge on any atom is 0.332 e. The number of aromatic nitrogens is 6. The van der Waals surface area contributed by atoms with Gasteiger partial charge >= 0.3 is 11.7 Å². The maximum atomic E-state index is 13.2. The van der Waals surface area contributed by atoms with Crippen molar-refractivity contribution >= 4 is 47.5 Å². The molecule has 14 nitrogen and oxygen atoms in total. The number of imidazole rings is 1. The van der Waals surface area contributed by atoms with Crippen LogP contribution in [-0.2, 0) is 16.1 Å². The minimum atomic E-state index is -2.96. The topological polar surface area (TPSA) is 190 Å². The maximum absolute atomic E-state index is 13.2. The minimum Gasteiger partial charge on any atom is -0.479 e. The Hall–Kier alpha value is -3.95. The number of hydrogen-bond donors (Lipinski definition) is 5. The van der Waals surface area contributed by atoms with E-state index in [4.69, 9.17) is 12.6 Å². The highest BCUT2D eigenvalue weighted by Crippen LogP contribution is 2.51. The van der Waals surface area contributed by atoms with Gasteiger partial charge in [0.15, 0.2) is 24.8 Å². The smallest absolute Gasteiger partial charge is 0.332 e. The number of ether oxygens (including phenoxy) is 1. The number of anilines is 2. The molecule has 2 fully saturated rings. The van der Waals surface area contributed by atoms with Crippen molar-refractivity contribution in [1.82, 2.24) is 28.9 Å². The molecule has 4 atom stereocenters. The molecule has 40 heavy (non-hydrogen) atoms. The van der Waals surface area contributed by atoms with Crippen molar-refractivity contribution in [3.05, 3.63) is 34.9 Å². The van der Waals surface area contributed by atoms with Crippen LogP contribution in [-0.4, -0.2) is 75.8 Å². The standard InChI is InChI=1S/C25H28BN7O7/c1-3-40-21-15-6-7-18(29-20(15)33(30-21)24(22(35)36)10-12(24)2)28-19-9-16-17(11-27-19)32(25(26,38)39)23(37)31(16)13-4-5-14(34)8-13/h6-7,9,11-14,34,38-39H,3-5,8,10H2,1-2H3,(H,35,36)(H,27,28,29). The van der Waals surface area contributed by atoms with Gasteiger partial charge in [-0.3, -0.25) is 4.57 Å². The van der Waals surface area contributed by atoms with E-state index >= 15 is 0 Å². The summed E-state index contributed by atoms with van der Waals surface area (Å²) >= 11 is 0. The van der Waals surface area contributed by atoms with E-state index in [-0.39, 0.29) is 23.3 Å². The zero-order valence-corrected chi connectivity index (χ0v) is 21.9. The van der Waals surface area contributed by atoms with Gasteiger partial charge in [-0.15, -0.1) is 5.10 Å². The average Bonchev–Trinajstić information content (AvgIpc) is 3.14. The summed E-state index contributed by atoms with van der Waals surface area (Å²) in [7, 11) is 5.48. The predicted molar refractivity (Wildman–Crippen MR) is 142 cm³/mol. The van der Waals surface area contributed by atoms with Crippen molar-refractivity contribution < 1.29 is 30.0 Å². The number of hydrogen-bond acceptors (Lipinski definition) is 10. The summed E-state index contributed by atoms with van der Waals surface area (Å²) in [6, 6.07) is 4.58. The Bertz CT molecular complexity index is 1710. The molecule has 2 radical (unpaired) electrons. The van der Waals surface area contributed by atoms with Crippen molar-refractivity contribution in [3.63, 3.8) is 0 Å². The number of nitrogens with zero attached hydrogens (tertiary/aromatic N) is 6. The fourth-order valence-corrected chi connectivity index (χ4v) is 5.81. The highest BCUT2D eigenvalue weighted by atomic mass is 16.5. The quantitative estimate of drug-likeness (QED) is 0.154. The molecule has 6 rings (SSSR count). The fourth-order valence-electron chi connectivity index (χ4n) is 5.81. The van der Waals surface area contributed by atoms with Crippen LogP contribution in [0.1, 0.15) is 45.6 Å². The molecule has 0 saturated heterocycles. The third kappa shape index (κ3) is 3.95. The summed E-state index contributed by atoms with van der Waals surface area (Å²) in [4.78, 5) is 34.4. The van der Waals surface area contributed by atoms with Crippen LogP contribution in [0.25, 0.3) is 22.1 Å². The zero-order valence-electron chi connectivity index (χ0n) is 21.9. The van der Waals surface area contributed by atoms with Crippen LogP contribution in [0, 0.1) is 5.92 Å². The molecule has 4 aromatic heterocycles. The second-order valence-electron chi connectivity index (χ2n) is 10.5. The van der Waals surface area contributed by atoms with Crippen LogP contribution >= 0.6 is 0 Å². The zero-order chi connectivity index (χ0) is 28.6. The Labute approximate surface area is 228 Å². The normalized spacial score (nSPS) is 24.6. The average molecular weight is 549 g/mol. The number of aliphatic hydroxyl groups excluding tert-OH is 1. The molecule has 2 saturated carbocycles. The molecule has 0 amide bonds. The molecule has 4 aromatic rings. The van der Waals surface area contributed by atoms with Crippen LogP contribution in [0.15, 0.2) is 29.2 Å². The first-order valence-corrected chi connectivity index (χ1v) is 13.0.